The van der Waals surface area contributed by atoms with Crippen LogP contribution in [0.4, 0.5) is 4.79 Å². The minimum Gasteiger partial charge on any atom is -0.481 e. The Kier molecular flexibility index (Phi) is 5.64. The first kappa shape index (κ1) is 15.1. The summed E-state index contributed by atoms with van der Waals surface area (Å²) in [5, 5.41) is 14.6. The maximum Gasteiger partial charge on any atom is 0.315 e. The van der Waals surface area contributed by atoms with Crippen molar-refractivity contribution in [2.75, 3.05) is 19.8 Å². The first-order chi connectivity index (χ1) is 9.65. The Morgan fingerprint density at radius 3 is 2.40 bits per heavy atom. The lowest BCUT2D eigenvalue weighted by molar-refractivity contribution is -0.142. The van der Waals surface area contributed by atoms with Crippen molar-refractivity contribution in [1.82, 2.24) is 10.6 Å². The number of carbonyl (C=O) groups excluding carboxylic acids is 1. The number of carboxylic acid groups (broad SMARTS) is 1. The molecule has 2 aliphatic carbocycles. The number of ether oxygens (including phenoxy) is 1. The third-order valence-electron chi connectivity index (χ3n) is 3.99. The summed E-state index contributed by atoms with van der Waals surface area (Å²) in [5.74, 6) is -0.221. The SMILES string of the molecule is O=C(NCCOCC1CC1)NC1CCC(C(=O)O)CC1. The number of amides is 2. The lowest BCUT2D eigenvalue weighted by atomic mass is 9.86. The van der Waals surface area contributed by atoms with E-state index >= 15 is 0 Å². The fraction of sp³-hybridized carbons (Fsp3) is 0.857. The van der Waals surface area contributed by atoms with Gasteiger partial charge in [-0.2, -0.15) is 0 Å². The highest BCUT2D eigenvalue weighted by Crippen LogP contribution is 2.28. The van der Waals surface area contributed by atoms with Crippen LogP contribution in [-0.4, -0.2) is 42.9 Å². The fourth-order valence-electron chi connectivity index (χ4n) is 2.49. The Hall–Kier alpha value is -1.30. The van der Waals surface area contributed by atoms with Gasteiger partial charge in [0.05, 0.1) is 12.5 Å². The van der Waals surface area contributed by atoms with Crippen molar-refractivity contribution in [3.63, 3.8) is 0 Å². The molecule has 0 saturated heterocycles. The van der Waals surface area contributed by atoms with Gasteiger partial charge in [-0.15, -0.1) is 0 Å². The fourth-order valence-corrected chi connectivity index (χ4v) is 2.49. The summed E-state index contributed by atoms with van der Waals surface area (Å²) in [6, 6.07) is -0.0863. The highest BCUT2D eigenvalue weighted by atomic mass is 16.5. The quantitative estimate of drug-likeness (QED) is 0.616. The molecule has 2 rings (SSSR count). The summed E-state index contributed by atoms with van der Waals surface area (Å²) in [4.78, 5) is 22.5. The second-order valence-corrected chi connectivity index (χ2v) is 5.81. The maximum atomic E-state index is 11.6. The van der Waals surface area contributed by atoms with E-state index in [0.717, 1.165) is 25.4 Å². The largest absolute Gasteiger partial charge is 0.481 e. The number of hydrogen-bond acceptors (Lipinski definition) is 3. The third-order valence-corrected chi connectivity index (χ3v) is 3.99. The monoisotopic (exact) mass is 284 g/mol. The van der Waals surface area contributed by atoms with Gasteiger partial charge in [-0.1, -0.05) is 0 Å². The Morgan fingerprint density at radius 2 is 1.80 bits per heavy atom. The van der Waals surface area contributed by atoms with Crippen molar-refractivity contribution >= 4 is 12.0 Å². The van der Waals surface area contributed by atoms with Gasteiger partial charge in [0.25, 0.3) is 0 Å². The Bertz CT molecular complexity index is 336. The molecule has 3 N–H and O–H groups in total. The smallest absolute Gasteiger partial charge is 0.315 e. The highest BCUT2D eigenvalue weighted by Gasteiger charge is 2.26. The zero-order valence-corrected chi connectivity index (χ0v) is 11.8. The molecule has 20 heavy (non-hydrogen) atoms. The summed E-state index contributed by atoms with van der Waals surface area (Å²) in [6.45, 7) is 1.88. The number of hydrogen-bond donors (Lipinski definition) is 3. The van der Waals surface area contributed by atoms with Crippen LogP contribution in [0.1, 0.15) is 38.5 Å². The van der Waals surface area contributed by atoms with Gasteiger partial charge in [-0.05, 0) is 44.4 Å². The molecule has 0 spiro atoms. The summed E-state index contributed by atoms with van der Waals surface area (Å²) in [6.07, 6.45) is 5.31. The number of aliphatic carboxylic acids is 1. The average Bonchev–Trinajstić information content (AvgIpc) is 3.23. The van der Waals surface area contributed by atoms with Crippen molar-refractivity contribution in [2.45, 2.75) is 44.6 Å². The van der Waals surface area contributed by atoms with Crippen LogP contribution >= 0.6 is 0 Å². The van der Waals surface area contributed by atoms with E-state index < -0.39 is 5.97 Å². The zero-order valence-electron chi connectivity index (χ0n) is 11.8. The number of carboxylic acids is 1. The summed E-state index contributed by atoms with van der Waals surface area (Å²) in [5.41, 5.74) is 0. The molecule has 0 aromatic rings. The molecule has 0 heterocycles. The van der Waals surface area contributed by atoms with E-state index in [-0.39, 0.29) is 18.0 Å². The van der Waals surface area contributed by atoms with E-state index in [0.29, 0.717) is 26.0 Å². The van der Waals surface area contributed by atoms with Gasteiger partial charge in [-0.3, -0.25) is 4.79 Å². The van der Waals surface area contributed by atoms with Crippen LogP contribution in [-0.2, 0) is 9.53 Å². The van der Waals surface area contributed by atoms with E-state index in [1.165, 1.54) is 12.8 Å². The van der Waals surface area contributed by atoms with Crippen LogP contribution in [0.3, 0.4) is 0 Å². The molecule has 114 valence electrons. The molecule has 0 aromatic carbocycles. The molecule has 2 aliphatic rings. The maximum absolute atomic E-state index is 11.6. The molecular weight excluding hydrogens is 260 g/mol. The second-order valence-electron chi connectivity index (χ2n) is 5.81. The molecule has 2 saturated carbocycles. The predicted octanol–water partition coefficient (Wildman–Crippen LogP) is 1.36. The van der Waals surface area contributed by atoms with Crippen molar-refractivity contribution in [2.24, 2.45) is 11.8 Å². The molecule has 0 unspecified atom stereocenters. The highest BCUT2D eigenvalue weighted by molar-refractivity contribution is 5.74. The van der Waals surface area contributed by atoms with Crippen LogP contribution in [0.15, 0.2) is 0 Å². The van der Waals surface area contributed by atoms with Crippen LogP contribution in [0, 0.1) is 11.8 Å². The minimum atomic E-state index is -0.722. The van der Waals surface area contributed by atoms with Gasteiger partial charge < -0.3 is 20.5 Å². The van der Waals surface area contributed by atoms with Crippen LogP contribution in [0.25, 0.3) is 0 Å². The van der Waals surface area contributed by atoms with Crippen molar-refractivity contribution < 1.29 is 19.4 Å². The molecule has 6 heteroatoms. The van der Waals surface area contributed by atoms with Crippen molar-refractivity contribution in [3.05, 3.63) is 0 Å². The van der Waals surface area contributed by atoms with Gasteiger partial charge in [-0.25, -0.2) is 4.79 Å². The zero-order chi connectivity index (χ0) is 14.4. The number of rotatable bonds is 7. The van der Waals surface area contributed by atoms with E-state index in [1.807, 2.05) is 0 Å². The Morgan fingerprint density at radius 1 is 1.10 bits per heavy atom. The van der Waals surface area contributed by atoms with Crippen LogP contribution in [0.5, 0.6) is 0 Å². The lowest BCUT2D eigenvalue weighted by Crippen LogP contribution is -2.45. The summed E-state index contributed by atoms with van der Waals surface area (Å²) >= 11 is 0. The first-order valence-corrected chi connectivity index (χ1v) is 7.50. The normalized spacial score (nSPS) is 26.0. The summed E-state index contributed by atoms with van der Waals surface area (Å²) in [7, 11) is 0. The molecule has 2 fully saturated rings. The van der Waals surface area contributed by atoms with Gasteiger partial charge in [0.15, 0.2) is 0 Å². The first-order valence-electron chi connectivity index (χ1n) is 7.50. The number of carbonyl (C=O) groups is 2. The van der Waals surface area contributed by atoms with Crippen molar-refractivity contribution in [1.29, 1.82) is 0 Å². The number of urea groups is 1. The average molecular weight is 284 g/mol. The van der Waals surface area contributed by atoms with Gasteiger partial charge in [0.1, 0.15) is 0 Å². The molecule has 2 amide bonds. The molecule has 6 nitrogen and oxygen atoms in total. The molecular formula is C14H24N2O4. The van der Waals surface area contributed by atoms with E-state index in [1.54, 1.807) is 0 Å². The minimum absolute atomic E-state index is 0.0954. The standard InChI is InChI=1S/C14H24N2O4/c17-13(18)11-3-5-12(6-4-11)16-14(19)15-7-8-20-9-10-1-2-10/h10-12H,1-9H2,(H,17,18)(H2,15,16,19). The van der Waals surface area contributed by atoms with Gasteiger partial charge in [0.2, 0.25) is 0 Å². The molecule has 0 aliphatic heterocycles. The van der Waals surface area contributed by atoms with Gasteiger partial charge in [0, 0.05) is 19.2 Å². The molecule has 0 aromatic heterocycles. The third kappa shape index (κ3) is 5.36. The topological polar surface area (TPSA) is 87.7 Å². The summed E-state index contributed by atoms with van der Waals surface area (Å²) < 4.78 is 5.43. The predicted molar refractivity (Wildman–Crippen MR) is 73.5 cm³/mol. The van der Waals surface area contributed by atoms with Crippen LogP contribution < -0.4 is 10.6 Å². The van der Waals surface area contributed by atoms with E-state index in [2.05, 4.69) is 10.6 Å². The van der Waals surface area contributed by atoms with E-state index in [4.69, 9.17) is 9.84 Å². The molecule has 0 atom stereocenters. The van der Waals surface area contributed by atoms with Crippen molar-refractivity contribution in [3.8, 4) is 0 Å². The lowest BCUT2D eigenvalue weighted by Gasteiger charge is -2.26. The Balaban J connectivity index is 1.49. The van der Waals surface area contributed by atoms with E-state index in [9.17, 15) is 9.59 Å². The Labute approximate surface area is 119 Å². The van der Waals surface area contributed by atoms with Gasteiger partial charge >= 0.3 is 12.0 Å². The molecule has 0 bridgehead atoms. The second kappa shape index (κ2) is 7.47. The van der Waals surface area contributed by atoms with Crippen LogP contribution in [0.2, 0.25) is 0 Å². The number of nitrogens with one attached hydrogen (secondary N) is 2. The molecule has 0 radical (unpaired) electrons.